The predicted molar refractivity (Wildman–Crippen MR) is 121 cm³/mol. The van der Waals surface area contributed by atoms with Crippen molar-refractivity contribution in [3.63, 3.8) is 0 Å². The Morgan fingerprint density at radius 2 is 1.88 bits per heavy atom. The maximum atomic E-state index is 13.1. The Kier molecular flexibility index (Phi) is 7.71. The normalized spacial score (nSPS) is 16.7. The van der Waals surface area contributed by atoms with Crippen LogP contribution in [0, 0.1) is 0 Å². The molecule has 170 valence electrons. The van der Waals surface area contributed by atoms with E-state index in [4.69, 9.17) is 19.4 Å². The zero-order valence-corrected chi connectivity index (χ0v) is 19.7. The minimum absolute atomic E-state index is 0.181. The number of hydrogen-bond acceptors (Lipinski definition) is 4. The third-order valence-electron chi connectivity index (χ3n) is 5.24. The minimum Gasteiger partial charge on any atom is -0.466 e. The van der Waals surface area contributed by atoms with Crippen molar-refractivity contribution in [2.24, 2.45) is 0 Å². The van der Waals surface area contributed by atoms with Gasteiger partial charge in [0.05, 0.1) is 29.3 Å². The second-order valence-electron chi connectivity index (χ2n) is 7.07. The van der Waals surface area contributed by atoms with Gasteiger partial charge in [-0.15, -0.1) is 0 Å². The highest BCUT2D eigenvalue weighted by atomic mass is 127. The summed E-state index contributed by atoms with van der Waals surface area (Å²) in [6.07, 6.45) is -4.73. The van der Waals surface area contributed by atoms with Crippen LogP contribution in [-0.4, -0.2) is 36.7 Å². The maximum Gasteiger partial charge on any atom is 0.419 e. The Hall–Kier alpha value is -2.27. The SMILES string of the molecule is COC(=O)C1=C(c2ccc(C(F)(F)F)c(Cl)c2)CCN(C(=O)OI)C1Cc1ccccc1. The highest BCUT2D eigenvalue weighted by Crippen LogP contribution is 2.39. The number of methoxy groups -OCH3 is 1. The average Bonchev–Trinajstić information content (AvgIpc) is 2.77. The lowest BCUT2D eigenvalue weighted by Gasteiger charge is -2.37. The van der Waals surface area contributed by atoms with Crippen LogP contribution in [0.3, 0.4) is 0 Å². The summed E-state index contributed by atoms with van der Waals surface area (Å²) >= 11 is 7.39. The molecule has 1 atom stereocenters. The number of rotatable bonds is 4. The van der Waals surface area contributed by atoms with E-state index in [1.165, 1.54) is 47.1 Å². The predicted octanol–water partition coefficient (Wildman–Crippen LogP) is 6.09. The largest absolute Gasteiger partial charge is 0.466 e. The zero-order valence-electron chi connectivity index (χ0n) is 16.8. The number of esters is 1. The summed E-state index contributed by atoms with van der Waals surface area (Å²) in [7, 11) is 1.21. The summed E-state index contributed by atoms with van der Waals surface area (Å²) in [4.78, 5) is 26.7. The van der Waals surface area contributed by atoms with Crippen molar-refractivity contribution in [1.82, 2.24) is 4.90 Å². The van der Waals surface area contributed by atoms with Gasteiger partial charge in [0.15, 0.2) is 23.0 Å². The Labute approximate surface area is 201 Å². The molecule has 32 heavy (non-hydrogen) atoms. The lowest BCUT2D eigenvalue weighted by molar-refractivity contribution is -0.138. The van der Waals surface area contributed by atoms with Crippen molar-refractivity contribution in [3.05, 3.63) is 75.8 Å². The fraction of sp³-hybridized carbons (Fsp3) is 0.273. The fourth-order valence-electron chi connectivity index (χ4n) is 3.79. The highest BCUT2D eigenvalue weighted by Gasteiger charge is 2.39. The molecule has 1 aliphatic rings. The molecule has 0 bridgehead atoms. The molecule has 1 aliphatic heterocycles. The van der Waals surface area contributed by atoms with E-state index in [0.29, 0.717) is 11.1 Å². The van der Waals surface area contributed by atoms with Gasteiger partial charge < -0.3 is 7.80 Å². The molecular weight excluding hydrogens is 562 g/mol. The molecule has 2 aromatic rings. The lowest BCUT2D eigenvalue weighted by Crippen LogP contribution is -2.47. The van der Waals surface area contributed by atoms with E-state index in [1.807, 2.05) is 30.3 Å². The molecular formula is C22H18ClF3INO4. The molecule has 2 aromatic carbocycles. The molecule has 0 aromatic heterocycles. The van der Waals surface area contributed by atoms with Gasteiger partial charge in [-0.05, 0) is 41.7 Å². The third-order valence-corrected chi connectivity index (χ3v) is 5.93. The molecule has 0 saturated carbocycles. The summed E-state index contributed by atoms with van der Waals surface area (Å²) in [5.41, 5.74) is 0.918. The topological polar surface area (TPSA) is 55.8 Å². The molecule has 3 rings (SSSR count). The van der Waals surface area contributed by atoms with Gasteiger partial charge in [0.2, 0.25) is 0 Å². The number of ether oxygens (including phenoxy) is 1. The van der Waals surface area contributed by atoms with E-state index in [1.54, 1.807) is 0 Å². The van der Waals surface area contributed by atoms with Gasteiger partial charge >= 0.3 is 18.2 Å². The van der Waals surface area contributed by atoms with E-state index < -0.39 is 34.9 Å². The summed E-state index contributed by atoms with van der Waals surface area (Å²) in [6.45, 7) is 0.202. The first-order valence-corrected chi connectivity index (χ1v) is 10.7. The number of halogens is 5. The molecule has 0 radical (unpaired) electrons. The van der Waals surface area contributed by atoms with Gasteiger partial charge in [-0.1, -0.05) is 48.0 Å². The van der Waals surface area contributed by atoms with E-state index >= 15 is 0 Å². The minimum atomic E-state index is -4.60. The standard InChI is InChI=1S/C22H18ClF3INO4/c1-31-20(29)19-15(14-7-8-16(17(23)12-14)22(24,25)26)9-10-28(21(30)32-27)18(19)11-13-5-3-2-4-6-13/h2-8,12,18H,9-11H2,1H3. The molecule has 0 spiro atoms. The molecule has 5 nitrogen and oxygen atoms in total. The number of benzene rings is 2. The van der Waals surface area contributed by atoms with Crippen LogP contribution >= 0.6 is 34.6 Å². The summed E-state index contributed by atoms with van der Waals surface area (Å²) in [5, 5.41) is -0.472. The van der Waals surface area contributed by atoms with Crippen LogP contribution in [0.4, 0.5) is 18.0 Å². The van der Waals surface area contributed by atoms with E-state index in [9.17, 15) is 22.8 Å². The Balaban J connectivity index is 2.16. The second-order valence-corrected chi connectivity index (χ2v) is 7.92. The van der Waals surface area contributed by atoms with E-state index in [-0.39, 0.29) is 25.0 Å². The first-order chi connectivity index (χ1) is 15.2. The zero-order chi connectivity index (χ0) is 23.5. The Morgan fingerprint density at radius 3 is 2.44 bits per heavy atom. The molecule has 0 N–H and O–H groups in total. The molecule has 0 fully saturated rings. The highest BCUT2D eigenvalue weighted by molar-refractivity contribution is 14.1. The van der Waals surface area contributed by atoms with Crippen LogP contribution in [0.15, 0.2) is 54.1 Å². The number of carbonyl (C=O) groups excluding carboxylic acids is 2. The van der Waals surface area contributed by atoms with Gasteiger partial charge in [-0.25, -0.2) is 9.59 Å². The maximum absolute atomic E-state index is 13.1. The van der Waals surface area contributed by atoms with Crippen molar-refractivity contribution >= 4 is 52.2 Å². The summed E-state index contributed by atoms with van der Waals surface area (Å²) < 4.78 is 49.3. The molecule has 1 heterocycles. The van der Waals surface area contributed by atoms with Gasteiger partial charge in [0.1, 0.15) is 0 Å². The van der Waals surface area contributed by atoms with Crippen molar-refractivity contribution in [1.29, 1.82) is 0 Å². The van der Waals surface area contributed by atoms with Crippen molar-refractivity contribution in [2.45, 2.75) is 25.1 Å². The lowest BCUT2D eigenvalue weighted by atomic mass is 9.85. The molecule has 0 saturated heterocycles. The van der Waals surface area contributed by atoms with Crippen LogP contribution in [-0.2, 0) is 25.2 Å². The first kappa shape index (κ1) is 24.4. The number of nitrogens with zero attached hydrogens (tertiary/aromatic N) is 1. The van der Waals surface area contributed by atoms with Crippen molar-refractivity contribution < 1.29 is 30.6 Å². The van der Waals surface area contributed by atoms with Crippen LogP contribution in [0.25, 0.3) is 5.57 Å². The average molecular weight is 580 g/mol. The van der Waals surface area contributed by atoms with Crippen molar-refractivity contribution in [2.75, 3.05) is 13.7 Å². The molecule has 0 aliphatic carbocycles. The molecule has 10 heteroatoms. The number of carbonyl (C=O) groups is 2. The fourth-order valence-corrected chi connectivity index (χ4v) is 4.33. The smallest absolute Gasteiger partial charge is 0.419 e. The first-order valence-electron chi connectivity index (χ1n) is 9.49. The van der Waals surface area contributed by atoms with E-state index in [0.717, 1.165) is 11.6 Å². The summed E-state index contributed by atoms with van der Waals surface area (Å²) in [6, 6.07) is 11.8. The number of hydrogen-bond donors (Lipinski definition) is 0. The van der Waals surface area contributed by atoms with Crippen LogP contribution in [0.1, 0.15) is 23.1 Å². The van der Waals surface area contributed by atoms with E-state index in [2.05, 4.69) is 0 Å². The quantitative estimate of drug-likeness (QED) is 0.325. The van der Waals surface area contributed by atoms with Crippen LogP contribution in [0.5, 0.6) is 0 Å². The monoisotopic (exact) mass is 579 g/mol. The summed E-state index contributed by atoms with van der Waals surface area (Å²) in [5.74, 6) is -0.678. The van der Waals surface area contributed by atoms with Crippen LogP contribution in [0.2, 0.25) is 5.02 Å². The Morgan fingerprint density at radius 1 is 1.19 bits per heavy atom. The second kappa shape index (κ2) is 10.1. The molecule has 1 unspecified atom stereocenters. The number of amides is 1. The Bertz CT molecular complexity index is 1040. The third kappa shape index (κ3) is 5.20. The van der Waals surface area contributed by atoms with Crippen molar-refractivity contribution in [3.8, 4) is 0 Å². The number of alkyl halides is 3. The molecule has 1 amide bonds. The van der Waals surface area contributed by atoms with Gasteiger partial charge in [0, 0.05) is 6.54 Å². The van der Waals surface area contributed by atoms with Gasteiger partial charge in [0.25, 0.3) is 0 Å². The van der Waals surface area contributed by atoms with Gasteiger partial charge in [-0.3, -0.25) is 4.90 Å². The van der Waals surface area contributed by atoms with Crippen LogP contribution < -0.4 is 0 Å². The van der Waals surface area contributed by atoms with Gasteiger partial charge in [-0.2, -0.15) is 13.2 Å².